The molecule has 0 unspecified atom stereocenters. The van der Waals surface area contributed by atoms with Gasteiger partial charge in [0.25, 0.3) is 11.8 Å². The van der Waals surface area contributed by atoms with Crippen LogP contribution in [0, 0.1) is 0 Å². The monoisotopic (exact) mass is 442 g/mol. The number of piperazine rings is 1. The lowest BCUT2D eigenvalue weighted by molar-refractivity contribution is 0.0618. The van der Waals surface area contributed by atoms with Gasteiger partial charge in [-0.2, -0.15) is 0 Å². The van der Waals surface area contributed by atoms with Crippen LogP contribution in [0.3, 0.4) is 0 Å². The molecular weight excluding hydrogens is 420 g/mol. The van der Waals surface area contributed by atoms with Crippen molar-refractivity contribution in [2.45, 2.75) is 32.2 Å². The summed E-state index contributed by atoms with van der Waals surface area (Å²) in [4.78, 5) is 19.3. The average molecular weight is 443 g/mol. The van der Waals surface area contributed by atoms with Gasteiger partial charge in [0.1, 0.15) is 0 Å². The molecule has 0 saturated carbocycles. The topological polar surface area (TPSA) is 62.5 Å². The number of halogens is 1. The van der Waals surface area contributed by atoms with Crippen LogP contribution in [0.5, 0.6) is 0 Å². The first-order valence-electron chi connectivity index (χ1n) is 10.4. The Hall–Kier alpha value is -2.22. The van der Waals surface area contributed by atoms with Gasteiger partial charge in [0, 0.05) is 41.6 Å². The number of hydrogen-bond acceptors (Lipinski definition) is 6. The Morgan fingerprint density at radius 2 is 1.93 bits per heavy atom. The summed E-state index contributed by atoms with van der Waals surface area (Å²) in [7, 11) is 0. The normalized spacial score (nSPS) is 17.2. The first-order chi connectivity index (χ1) is 14.7. The van der Waals surface area contributed by atoms with Crippen molar-refractivity contribution in [1.29, 1.82) is 0 Å². The van der Waals surface area contributed by atoms with Crippen molar-refractivity contribution in [3.8, 4) is 10.8 Å². The van der Waals surface area contributed by atoms with Crippen LogP contribution in [0.4, 0.5) is 0 Å². The van der Waals surface area contributed by atoms with Gasteiger partial charge in [-0.25, -0.2) is 0 Å². The summed E-state index contributed by atoms with van der Waals surface area (Å²) in [5.41, 5.74) is 2.08. The number of fused-ring (bicyclic) bond motifs is 1. The summed E-state index contributed by atoms with van der Waals surface area (Å²) < 4.78 is 5.96. The zero-order valence-electron chi connectivity index (χ0n) is 16.6. The van der Waals surface area contributed by atoms with Crippen molar-refractivity contribution >= 4 is 28.8 Å². The Morgan fingerprint density at radius 3 is 2.73 bits per heavy atom. The van der Waals surface area contributed by atoms with Gasteiger partial charge in [-0.15, -0.1) is 21.5 Å². The fourth-order valence-electron chi connectivity index (χ4n) is 4.12. The Kier molecular flexibility index (Phi) is 5.58. The van der Waals surface area contributed by atoms with Crippen LogP contribution in [0.25, 0.3) is 10.8 Å². The second-order valence-electron chi connectivity index (χ2n) is 7.85. The third-order valence-electron chi connectivity index (χ3n) is 5.76. The third-order valence-corrected chi connectivity index (χ3v) is 7.22. The molecular formula is C22H23ClN4O2S. The van der Waals surface area contributed by atoms with Crippen LogP contribution in [-0.2, 0) is 19.4 Å². The molecule has 1 amide bonds. The number of carbonyl (C=O) groups is 1. The molecule has 1 saturated heterocycles. The number of amides is 1. The lowest BCUT2D eigenvalue weighted by Gasteiger charge is -2.34. The quantitative estimate of drug-likeness (QED) is 0.603. The second-order valence-corrected chi connectivity index (χ2v) is 9.42. The molecule has 30 heavy (non-hydrogen) atoms. The highest BCUT2D eigenvalue weighted by molar-refractivity contribution is 7.15. The van der Waals surface area contributed by atoms with Crippen LogP contribution < -0.4 is 0 Å². The molecule has 3 heterocycles. The van der Waals surface area contributed by atoms with E-state index >= 15 is 0 Å². The molecule has 1 aliphatic carbocycles. The fourth-order valence-corrected chi connectivity index (χ4v) is 5.48. The number of benzene rings is 1. The number of carbonyl (C=O) groups excluding carboxylic acids is 1. The van der Waals surface area contributed by atoms with Crippen LogP contribution in [-0.4, -0.2) is 52.1 Å². The van der Waals surface area contributed by atoms with Gasteiger partial charge in [0.15, 0.2) is 0 Å². The fraction of sp³-hybridized carbons (Fsp3) is 0.409. The SMILES string of the molecule is O=C(c1cccc(Cl)c1)N1CCN(Cc2nnc(-c3cc4c(s3)CCCC4)o2)CC1. The summed E-state index contributed by atoms with van der Waals surface area (Å²) in [6.45, 7) is 3.50. The molecule has 5 rings (SSSR count). The van der Waals surface area contributed by atoms with E-state index in [0.29, 0.717) is 42.0 Å². The molecule has 0 spiro atoms. The predicted octanol–water partition coefficient (Wildman–Crippen LogP) is 4.29. The van der Waals surface area contributed by atoms with Crippen LogP contribution in [0.2, 0.25) is 5.02 Å². The first-order valence-corrected chi connectivity index (χ1v) is 11.6. The van der Waals surface area contributed by atoms with Gasteiger partial charge in [0.05, 0.1) is 11.4 Å². The van der Waals surface area contributed by atoms with Gasteiger partial charge in [-0.3, -0.25) is 9.69 Å². The lowest BCUT2D eigenvalue weighted by Crippen LogP contribution is -2.48. The van der Waals surface area contributed by atoms with E-state index in [9.17, 15) is 4.79 Å². The minimum atomic E-state index is 0.0267. The van der Waals surface area contributed by atoms with Crippen LogP contribution >= 0.6 is 22.9 Å². The molecule has 1 fully saturated rings. The molecule has 1 aliphatic heterocycles. The largest absolute Gasteiger partial charge is 0.419 e. The van der Waals surface area contributed by atoms with E-state index in [2.05, 4.69) is 21.2 Å². The van der Waals surface area contributed by atoms with Gasteiger partial charge < -0.3 is 9.32 Å². The van der Waals surface area contributed by atoms with E-state index in [1.165, 1.54) is 29.7 Å². The maximum atomic E-state index is 12.7. The highest BCUT2D eigenvalue weighted by Crippen LogP contribution is 2.35. The van der Waals surface area contributed by atoms with E-state index in [4.69, 9.17) is 16.0 Å². The van der Waals surface area contributed by atoms with E-state index in [1.807, 2.05) is 17.0 Å². The molecule has 6 nitrogen and oxygen atoms in total. The number of rotatable bonds is 4. The van der Waals surface area contributed by atoms with E-state index in [-0.39, 0.29) is 5.91 Å². The number of nitrogens with zero attached hydrogens (tertiary/aromatic N) is 4. The second kappa shape index (κ2) is 8.49. The number of aryl methyl sites for hydroxylation is 2. The molecule has 0 bridgehead atoms. The molecule has 156 valence electrons. The summed E-state index contributed by atoms with van der Waals surface area (Å²) in [5.74, 6) is 1.28. The predicted molar refractivity (Wildman–Crippen MR) is 117 cm³/mol. The number of thiophene rings is 1. The highest BCUT2D eigenvalue weighted by atomic mass is 35.5. The molecule has 2 aromatic heterocycles. The van der Waals surface area contributed by atoms with Gasteiger partial charge in [-0.05, 0) is 55.5 Å². The summed E-state index contributed by atoms with van der Waals surface area (Å²) >= 11 is 7.80. The smallest absolute Gasteiger partial charge is 0.257 e. The molecule has 0 radical (unpaired) electrons. The van der Waals surface area contributed by atoms with Gasteiger partial charge >= 0.3 is 0 Å². The average Bonchev–Trinajstić information content (AvgIpc) is 3.40. The molecule has 3 aromatic rings. The van der Waals surface area contributed by atoms with Crippen molar-refractivity contribution in [3.05, 3.63) is 57.2 Å². The molecule has 2 aliphatic rings. The van der Waals surface area contributed by atoms with Crippen molar-refractivity contribution < 1.29 is 9.21 Å². The Morgan fingerprint density at radius 1 is 1.10 bits per heavy atom. The Labute approximate surface area is 184 Å². The van der Waals surface area contributed by atoms with E-state index in [0.717, 1.165) is 24.4 Å². The van der Waals surface area contributed by atoms with Crippen molar-refractivity contribution in [2.75, 3.05) is 26.2 Å². The Bertz CT molecular complexity index is 1030. The minimum Gasteiger partial charge on any atom is -0.419 e. The highest BCUT2D eigenvalue weighted by Gasteiger charge is 2.24. The summed E-state index contributed by atoms with van der Waals surface area (Å²) in [6.07, 6.45) is 4.86. The van der Waals surface area contributed by atoms with E-state index in [1.54, 1.807) is 23.5 Å². The zero-order valence-corrected chi connectivity index (χ0v) is 18.2. The molecule has 8 heteroatoms. The third kappa shape index (κ3) is 4.15. The van der Waals surface area contributed by atoms with Gasteiger partial charge in [0.2, 0.25) is 5.89 Å². The van der Waals surface area contributed by atoms with Crippen LogP contribution in [0.1, 0.15) is 39.5 Å². The van der Waals surface area contributed by atoms with E-state index < -0.39 is 0 Å². The van der Waals surface area contributed by atoms with Crippen molar-refractivity contribution in [2.24, 2.45) is 0 Å². The van der Waals surface area contributed by atoms with Crippen molar-refractivity contribution in [1.82, 2.24) is 20.0 Å². The summed E-state index contributed by atoms with van der Waals surface area (Å²) in [5, 5.41) is 9.12. The standard InChI is InChI=1S/C22H23ClN4O2S/c23-17-6-3-5-16(12-17)22(28)27-10-8-26(9-11-27)14-20-24-25-21(29-20)19-13-15-4-1-2-7-18(15)30-19/h3,5-6,12-13H,1-2,4,7-11,14H2. The maximum absolute atomic E-state index is 12.7. The molecule has 1 aromatic carbocycles. The van der Waals surface area contributed by atoms with Crippen LogP contribution in [0.15, 0.2) is 34.7 Å². The minimum absolute atomic E-state index is 0.0267. The number of aromatic nitrogens is 2. The van der Waals surface area contributed by atoms with Crippen molar-refractivity contribution in [3.63, 3.8) is 0 Å². The van der Waals surface area contributed by atoms with Gasteiger partial charge in [-0.1, -0.05) is 17.7 Å². The molecule has 0 N–H and O–H groups in total. The molecule has 0 atom stereocenters. The number of hydrogen-bond donors (Lipinski definition) is 0. The lowest BCUT2D eigenvalue weighted by atomic mass is 9.99. The first kappa shape index (κ1) is 19.7. The maximum Gasteiger partial charge on any atom is 0.257 e. The Balaban J connectivity index is 1.18. The summed E-state index contributed by atoms with van der Waals surface area (Å²) in [6, 6.07) is 9.33. The zero-order chi connectivity index (χ0) is 20.5.